The Morgan fingerprint density at radius 2 is 1.71 bits per heavy atom. The standard InChI is InChI=1S/C13H10BrF2N/c14-10-3-1-9(2-4-10)8-17-13-6-5-11(15)7-12(13)16/h1-7,17H,8H2. The van der Waals surface area contributed by atoms with Crippen molar-refractivity contribution in [3.63, 3.8) is 0 Å². The fourth-order valence-electron chi connectivity index (χ4n) is 1.43. The first kappa shape index (κ1) is 12.0. The van der Waals surface area contributed by atoms with Crippen molar-refractivity contribution in [1.82, 2.24) is 0 Å². The summed E-state index contributed by atoms with van der Waals surface area (Å²) >= 11 is 3.34. The maximum atomic E-state index is 13.3. The Bertz CT molecular complexity index is 511. The molecule has 0 atom stereocenters. The highest BCUT2D eigenvalue weighted by molar-refractivity contribution is 9.10. The van der Waals surface area contributed by atoms with Crippen molar-refractivity contribution in [2.24, 2.45) is 0 Å². The van der Waals surface area contributed by atoms with Gasteiger partial charge in [0, 0.05) is 17.1 Å². The normalized spacial score (nSPS) is 10.3. The molecule has 1 N–H and O–H groups in total. The Labute approximate surface area is 107 Å². The topological polar surface area (TPSA) is 12.0 Å². The van der Waals surface area contributed by atoms with Crippen molar-refractivity contribution in [3.8, 4) is 0 Å². The molecule has 4 heteroatoms. The molecule has 0 unspecified atom stereocenters. The van der Waals surface area contributed by atoms with Crippen molar-refractivity contribution in [1.29, 1.82) is 0 Å². The minimum Gasteiger partial charge on any atom is -0.379 e. The summed E-state index contributed by atoms with van der Waals surface area (Å²) in [6.07, 6.45) is 0. The average Bonchev–Trinajstić information content (AvgIpc) is 2.30. The highest BCUT2D eigenvalue weighted by atomic mass is 79.9. The first-order chi connectivity index (χ1) is 8.15. The van der Waals surface area contributed by atoms with E-state index in [2.05, 4.69) is 21.2 Å². The van der Waals surface area contributed by atoms with E-state index in [1.165, 1.54) is 12.1 Å². The number of hydrogen-bond donors (Lipinski definition) is 1. The third-order valence-corrected chi connectivity index (χ3v) is 2.86. The van der Waals surface area contributed by atoms with Gasteiger partial charge in [0.2, 0.25) is 0 Å². The lowest BCUT2D eigenvalue weighted by molar-refractivity contribution is 0.585. The van der Waals surface area contributed by atoms with Crippen LogP contribution in [0, 0.1) is 11.6 Å². The first-order valence-corrected chi connectivity index (χ1v) is 5.88. The number of anilines is 1. The number of benzene rings is 2. The van der Waals surface area contributed by atoms with Crippen molar-refractivity contribution in [3.05, 3.63) is 64.1 Å². The molecule has 0 saturated heterocycles. The molecular formula is C13H10BrF2N. The predicted octanol–water partition coefficient (Wildman–Crippen LogP) is 4.34. The number of rotatable bonds is 3. The molecule has 0 amide bonds. The molecule has 0 spiro atoms. The Morgan fingerprint density at radius 3 is 2.35 bits per heavy atom. The van der Waals surface area contributed by atoms with Gasteiger partial charge >= 0.3 is 0 Å². The third kappa shape index (κ3) is 3.27. The second kappa shape index (κ2) is 5.27. The lowest BCUT2D eigenvalue weighted by atomic mass is 10.2. The van der Waals surface area contributed by atoms with Crippen LogP contribution >= 0.6 is 15.9 Å². The molecule has 17 heavy (non-hydrogen) atoms. The summed E-state index contributed by atoms with van der Waals surface area (Å²) < 4.78 is 27.0. The fourth-order valence-corrected chi connectivity index (χ4v) is 1.70. The van der Waals surface area contributed by atoms with Crippen LogP contribution in [0.5, 0.6) is 0 Å². The molecule has 88 valence electrons. The second-order valence-corrected chi connectivity index (χ2v) is 4.52. The van der Waals surface area contributed by atoms with Gasteiger partial charge in [-0.2, -0.15) is 0 Å². The van der Waals surface area contributed by atoms with Crippen molar-refractivity contribution in [2.75, 3.05) is 5.32 Å². The van der Waals surface area contributed by atoms with Crippen LogP contribution in [-0.2, 0) is 6.54 Å². The molecule has 0 aliphatic carbocycles. The minimum atomic E-state index is -0.581. The van der Waals surface area contributed by atoms with Crippen molar-refractivity contribution in [2.45, 2.75) is 6.54 Å². The predicted molar refractivity (Wildman–Crippen MR) is 67.8 cm³/mol. The molecule has 0 heterocycles. The SMILES string of the molecule is Fc1ccc(NCc2ccc(Br)cc2)c(F)c1. The Hall–Kier alpha value is -1.42. The van der Waals surface area contributed by atoms with E-state index in [0.717, 1.165) is 16.1 Å². The summed E-state index contributed by atoms with van der Waals surface area (Å²) in [6.45, 7) is 0.496. The van der Waals surface area contributed by atoms with Crippen molar-refractivity contribution < 1.29 is 8.78 Å². The molecule has 0 radical (unpaired) electrons. The van der Waals surface area contributed by atoms with E-state index in [1.807, 2.05) is 24.3 Å². The highest BCUT2D eigenvalue weighted by Crippen LogP contribution is 2.17. The zero-order valence-corrected chi connectivity index (χ0v) is 10.5. The summed E-state index contributed by atoms with van der Waals surface area (Å²) in [5.74, 6) is -1.15. The minimum absolute atomic E-state index is 0.300. The molecule has 0 aliphatic heterocycles. The van der Waals surface area contributed by atoms with E-state index >= 15 is 0 Å². The van der Waals surface area contributed by atoms with Crippen LogP contribution in [-0.4, -0.2) is 0 Å². The van der Waals surface area contributed by atoms with E-state index in [1.54, 1.807) is 0 Å². The van der Waals surface area contributed by atoms with E-state index < -0.39 is 11.6 Å². The molecule has 0 aliphatic rings. The molecule has 2 aromatic carbocycles. The molecule has 0 aromatic heterocycles. The molecule has 0 bridgehead atoms. The zero-order chi connectivity index (χ0) is 12.3. The van der Waals surface area contributed by atoms with Crippen LogP contribution in [0.4, 0.5) is 14.5 Å². The van der Waals surface area contributed by atoms with Gasteiger partial charge in [-0.25, -0.2) is 8.78 Å². The van der Waals surface area contributed by atoms with E-state index in [9.17, 15) is 8.78 Å². The zero-order valence-electron chi connectivity index (χ0n) is 8.88. The molecule has 0 saturated carbocycles. The summed E-state index contributed by atoms with van der Waals surface area (Å²) in [7, 11) is 0. The molecular weight excluding hydrogens is 288 g/mol. The van der Waals surface area contributed by atoms with Crippen LogP contribution in [0.15, 0.2) is 46.9 Å². The number of hydrogen-bond acceptors (Lipinski definition) is 1. The summed E-state index contributed by atoms with van der Waals surface area (Å²) in [5, 5.41) is 2.92. The second-order valence-electron chi connectivity index (χ2n) is 3.60. The number of halogens is 3. The maximum absolute atomic E-state index is 13.3. The molecule has 2 rings (SSSR count). The van der Waals surface area contributed by atoms with Crippen LogP contribution in [0.1, 0.15) is 5.56 Å². The van der Waals surface area contributed by atoms with E-state index in [0.29, 0.717) is 12.2 Å². The highest BCUT2D eigenvalue weighted by Gasteiger charge is 2.02. The van der Waals surface area contributed by atoms with Gasteiger partial charge in [-0.05, 0) is 29.8 Å². The average molecular weight is 298 g/mol. The van der Waals surface area contributed by atoms with Gasteiger partial charge in [-0.15, -0.1) is 0 Å². The third-order valence-electron chi connectivity index (χ3n) is 2.33. The fraction of sp³-hybridized carbons (Fsp3) is 0.0769. The quantitative estimate of drug-likeness (QED) is 0.889. The number of nitrogens with one attached hydrogen (secondary N) is 1. The Morgan fingerprint density at radius 1 is 1.00 bits per heavy atom. The van der Waals surface area contributed by atoms with Crippen LogP contribution < -0.4 is 5.32 Å². The maximum Gasteiger partial charge on any atom is 0.149 e. The van der Waals surface area contributed by atoms with E-state index in [4.69, 9.17) is 0 Å². The monoisotopic (exact) mass is 297 g/mol. The van der Waals surface area contributed by atoms with Gasteiger partial charge in [0.15, 0.2) is 0 Å². The Balaban J connectivity index is 2.04. The Kier molecular flexibility index (Phi) is 3.74. The van der Waals surface area contributed by atoms with Gasteiger partial charge in [-0.1, -0.05) is 28.1 Å². The van der Waals surface area contributed by atoms with Gasteiger partial charge < -0.3 is 5.32 Å². The van der Waals surface area contributed by atoms with Crippen molar-refractivity contribution >= 4 is 21.6 Å². The lowest BCUT2D eigenvalue weighted by Gasteiger charge is -2.07. The van der Waals surface area contributed by atoms with E-state index in [-0.39, 0.29) is 0 Å². The summed E-state index contributed by atoms with van der Waals surface area (Å²) in [6, 6.07) is 11.2. The molecule has 2 aromatic rings. The van der Waals surface area contributed by atoms with Crippen LogP contribution in [0.25, 0.3) is 0 Å². The summed E-state index contributed by atoms with van der Waals surface area (Å²) in [5.41, 5.74) is 1.33. The van der Waals surface area contributed by atoms with Gasteiger partial charge in [-0.3, -0.25) is 0 Å². The lowest BCUT2D eigenvalue weighted by Crippen LogP contribution is -2.01. The van der Waals surface area contributed by atoms with Gasteiger partial charge in [0.1, 0.15) is 11.6 Å². The van der Waals surface area contributed by atoms with Crippen LogP contribution in [0.3, 0.4) is 0 Å². The molecule has 1 nitrogen and oxygen atoms in total. The van der Waals surface area contributed by atoms with Gasteiger partial charge in [0.05, 0.1) is 5.69 Å². The smallest absolute Gasteiger partial charge is 0.149 e. The summed E-state index contributed by atoms with van der Waals surface area (Å²) in [4.78, 5) is 0. The molecule has 0 fully saturated rings. The largest absolute Gasteiger partial charge is 0.379 e. The van der Waals surface area contributed by atoms with Gasteiger partial charge in [0.25, 0.3) is 0 Å². The van der Waals surface area contributed by atoms with Crippen LogP contribution in [0.2, 0.25) is 0 Å². The first-order valence-electron chi connectivity index (χ1n) is 5.08.